The van der Waals surface area contributed by atoms with Crippen molar-refractivity contribution in [2.24, 2.45) is 0 Å². The Hall–Kier alpha value is -1.36. The first-order chi connectivity index (χ1) is 5.52. The first-order valence-corrected chi connectivity index (χ1v) is 3.40. The molecule has 1 aromatic heterocycles. The van der Waals surface area contributed by atoms with Gasteiger partial charge in [-0.25, -0.2) is 4.98 Å². The third kappa shape index (κ3) is 1.45. The molecule has 0 aliphatic carbocycles. The van der Waals surface area contributed by atoms with Gasteiger partial charge in [-0.1, -0.05) is 11.6 Å². The highest BCUT2D eigenvalue weighted by Crippen LogP contribution is 2.27. The molecule has 0 bridgehead atoms. The third-order valence-electron chi connectivity index (χ3n) is 1.32. The number of aryl methyl sites for hydroxylation is 1. The molecule has 6 heteroatoms. The van der Waals surface area contributed by atoms with Gasteiger partial charge in [0, 0.05) is 6.07 Å². The lowest BCUT2D eigenvalue weighted by Crippen LogP contribution is -1.94. The van der Waals surface area contributed by atoms with Crippen molar-refractivity contribution < 1.29 is 10.0 Å². The van der Waals surface area contributed by atoms with Crippen LogP contribution in [0.5, 0.6) is 5.88 Å². The van der Waals surface area contributed by atoms with Gasteiger partial charge in [-0.05, 0) is 6.92 Å². The fraction of sp³-hybridized carbons (Fsp3) is 0.167. The van der Waals surface area contributed by atoms with Gasteiger partial charge in [0.1, 0.15) is 10.7 Å². The fourth-order valence-electron chi connectivity index (χ4n) is 0.743. The molecule has 0 aromatic carbocycles. The van der Waals surface area contributed by atoms with Gasteiger partial charge in [-0.15, -0.1) is 0 Å². The van der Waals surface area contributed by atoms with E-state index in [9.17, 15) is 10.1 Å². The van der Waals surface area contributed by atoms with E-state index in [0.717, 1.165) is 6.07 Å². The van der Waals surface area contributed by atoms with Crippen molar-refractivity contribution in [1.29, 1.82) is 0 Å². The Labute approximate surface area is 72.8 Å². The Balaban J connectivity index is 3.33. The molecule has 1 heterocycles. The summed E-state index contributed by atoms with van der Waals surface area (Å²) in [4.78, 5) is 13.2. The van der Waals surface area contributed by atoms with E-state index in [-0.39, 0.29) is 22.3 Å². The van der Waals surface area contributed by atoms with Gasteiger partial charge in [0.05, 0.1) is 4.92 Å². The van der Waals surface area contributed by atoms with Crippen LogP contribution in [0.2, 0.25) is 5.02 Å². The molecule has 64 valence electrons. The molecule has 0 fully saturated rings. The summed E-state index contributed by atoms with van der Waals surface area (Å²) >= 11 is 5.41. The fourth-order valence-corrected chi connectivity index (χ4v) is 0.889. The monoisotopic (exact) mass is 188 g/mol. The highest BCUT2D eigenvalue weighted by atomic mass is 35.5. The number of nitrogens with zero attached hydrogens (tertiary/aromatic N) is 2. The summed E-state index contributed by atoms with van der Waals surface area (Å²) in [6.07, 6.45) is 0. The molecule has 1 aromatic rings. The number of pyridine rings is 1. The summed E-state index contributed by atoms with van der Waals surface area (Å²) in [5, 5.41) is 19.1. The normalized spacial score (nSPS) is 9.83. The maximum Gasteiger partial charge on any atom is 0.292 e. The summed E-state index contributed by atoms with van der Waals surface area (Å²) in [5.41, 5.74) is -0.0558. The van der Waals surface area contributed by atoms with Gasteiger partial charge in [-0.3, -0.25) is 10.1 Å². The minimum absolute atomic E-state index is 0.118. The van der Waals surface area contributed by atoms with Crippen molar-refractivity contribution >= 4 is 17.3 Å². The van der Waals surface area contributed by atoms with Gasteiger partial charge >= 0.3 is 0 Å². The Morgan fingerprint density at radius 1 is 1.75 bits per heavy atom. The smallest absolute Gasteiger partial charge is 0.292 e. The molecular weight excluding hydrogens is 184 g/mol. The lowest BCUT2D eigenvalue weighted by molar-refractivity contribution is -0.385. The molecule has 0 radical (unpaired) electrons. The van der Waals surface area contributed by atoms with E-state index in [4.69, 9.17) is 16.7 Å². The molecule has 0 aliphatic heterocycles. The average molecular weight is 189 g/mol. The summed E-state index contributed by atoms with van der Waals surface area (Å²) in [7, 11) is 0. The maximum absolute atomic E-state index is 10.3. The number of aromatic nitrogens is 1. The number of aromatic hydroxyl groups is 1. The van der Waals surface area contributed by atoms with Crippen LogP contribution in [-0.4, -0.2) is 15.0 Å². The first-order valence-electron chi connectivity index (χ1n) is 3.03. The molecule has 0 atom stereocenters. The zero-order valence-corrected chi connectivity index (χ0v) is 6.87. The SMILES string of the molecule is Cc1nc(O)c(Cl)cc1[N+](=O)[O-]. The summed E-state index contributed by atoms with van der Waals surface area (Å²) in [6.45, 7) is 1.42. The number of rotatable bonds is 1. The van der Waals surface area contributed by atoms with Crippen LogP contribution < -0.4 is 0 Å². The van der Waals surface area contributed by atoms with Crippen LogP contribution in [0.15, 0.2) is 6.07 Å². The van der Waals surface area contributed by atoms with Crippen molar-refractivity contribution in [3.05, 3.63) is 26.9 Å². The van der Waals surface area contributed by atoms with E-state index in [1.807, 2.05) is 0 Å². The molecule has 1 rings (SSSR count). The number of hydrogen-bond donors (Lipinski definition) is 1. The summed E-state index contributed by atoms with van der Waals surface area (Å²) < 4.78 is 0. The number of halogens is 1. The minimum Gasteiger partial charge on any atom is -0.492 e. The lowest BCUT2D eigenvalue weighted by atomic mass is 10.3. The van der Waals surface area contributed by atoms with Gasteiger partial charge in [0.25, 0.3) is 5.69 Å². The van der Waals surface area contributed by atoms with E-state index in [2.05, 4.69) is 4.98 Å². The van der Waals surface area contributed by atoms with Gasteiger partial charge in [-0.2, -0.15) is 0 Å². The second-order valence-corrected chi connectivity index (χ2v) is 2.56. The van der Waals surface area contributed by atoms with Crippen LogP contribution >= 0.6 is 11.6 Å². The highest BCUT2D eigenvalue weighted by molar-refractivity contribution is 6.32. The quantitative estimate of drug-likeness (QED) is 0.537. The molecule has 0 saturated carbocycles. The van der Waals surface area contributed by atoms with E-state index < -0.39 is 4.92 Å². The molecule has 0 saturated heterocycles. The zero-order chi connectivity index (χ0) is 9.30. The van der Waals surface area contributed by atoms with Crippen LogP contribution in [0.4, 0.5) is 5.69 Å². The van der Waals surface area contributed by atoms with Crippen molar-refractivity contribution in [3.63, 3.8) is 0 Å². The van der Waals surface area contributed by atoms with Crippen LogP contribution in [0.1, 0.15) is 5.69 Å². The Kier molecular flexibility index (Phi) is 2.14. The maximum atomic E-state index is 10.3. The molecule has 0 unspecified atom stereocenters. The molecule has 0 spiro atoms. The van der Waals surface area contributed by atoms with Crippen LogP contribution in [0, 0.1) is 17.0 Å². The minimum atomic E-state index is -0.604. The standard InChI is InChI=1S/C6H5ClN2O3/c1-3-5(9(11)12)2-4(7)6(10)8-3/h2H,1H3,(H,8,10). The van der Waals surface area contributed by atoms with Gasteiger partial charge in [0.2, 0.25) is 5.88 Å². The first kappa shape index (κ1) is 8.73. The number of nitro groups is 1. The Bertz CT molecular complexity index is 340. The second-order valence-electron chi connectivity index (χ2n) is 2.16. The Morgan fingerprint density at radius 2 is 2.33 bits per heavy atom. The topological polar surface area (TPSA) is 76.3 Å². The molecular formula is C6H5ClN2O3. The zero-order valence-electron chi connectivity index (χ0n) is 6.11. The van der Waals surface area contributed by atoms with Crippen molar-refractivity contribution in [3.8, 4) is 5.88 Å². The second kappa shape index (κ2) is 2.94. The van der Waals surface area contributed by atoms with Crippen LogP contribution in [0.3, 0.4) is 0 Å². The predicted octanol–water partition coefficient (Wildman–Crippen LogP) is 1.66. The van der Waals surface area contributed by atoms with E-state index >= 15 is 0 Å². The van der Waals surface area contributed by atoms with Crippen LogP contribution in [-0.2, 0) is 0 Å². The van der Waals surface area contributed by atoms with E-state index in [1.54, 1.807) is 0 Å². The summed E-state index contributed by atoms with van der Waals surface area (Å²) in [6, 6.07) is 1.07. The lowest BCUT2D eigenvalue weighted by Gasteiger charge is -1.98. The van der Waals surface area contributed by atoms with E-state index in [1.165, 1.54) is 6.92 Å². The van der Waals surface area contributed by atoms with Crippen molar-refractivity contribution in [1.82, 2.24) is 4.98 Å². The van der Waals surface area contributed by atoms with Gasteiger partial charge < -0.3 is 5.11 Å². The predicted molar refractivity (Wildman–Crippen MR) is 42.3 cm³/mol. The molecule has 12 heavy (non-hydrogen) atoms. The van der Waals surface area contributed by atoms with Gasteiger partial charge in [0.15, 0.2) is 0 Å². The van der Waals surface area contributed by atoms with Crippen molar-refractivity contribution in [2.45, 2.75) is 6.92 Å². The third-order valence-corrected chi connectivity index (χ3v) is 1.60. The average Bonchev–Trinajstić information content (AvgIpc) is 1.96. The molecule has 5 nitrogen and oxygen atoms in total. The molecule has 1 N–H and O–H groups in total. The summed E-state index contributed by atoms with van der Waals surface area (Å²) in [5.74, 6) is -0.389. The largest absolute Gasteiger partial charge is 0.492 e. The molecule has 0 amide bonds. The highest BCUT2D eigenvalue weighted by Gasteiger charge is 2.14. The van der Waals surface area contributed by atoms with Crippen molar-refractivity contribution in [2.75, 3.05) is 0 Å². The van der Waals surface area contributed by atoms with Crippen LogP contribution in [0.25, 0.3) is 0 Å². The Morgan fingerprint density at radius 3 is 2.83 bits per heavy atom. The van der Waals surface area contributed by atoms with E-state index in [0.29, 0.717) is 0 Å². The molecule has 0 aliphatic rings. The number of hydrogen-bond acceptors (Lipinski definition) is 4.